The molecule has 4 aromatic rings. The molecule has 1 aliphatic carbocycles. The Labute approximate surface area is 214 Å². The van der Waals surface area contributed by atoms with Crippen molar-refractivity contribution in [3.05, 3.63) is 111 Å². The van der Waals surface area contributed by atoms with Gasteiger partial charge in [-0.2, -0.15) is 0 Å². The van der Waals surface area contributed by atoms with Crippen molar-refractivity contribution in [2.45, 2.75) is 24.4 Å². The Kier molecular flexibility index (Phi) is 6.74. The van der Waals surface area contributed by atoms with Crippen LogP contribution in [0.2, 0.25) is 0 Å². The molecular weight excluding hydrogens is 500 g/mol. The average molecular weight is 529 g/mol. The Morgan fingerprint density at radius 2 is 1.91 bits per heavy atom. The third kappa shape index (κ3) is 4.40. The summed E-state index contributed by atoms with van der Waals surface area (Å²) < 4.78 is 6.83. The summed E-state index contributed by atoms with van der Waals surface area (Å²) >= 11 is 3.59. The number of rotatable bonds is 8. The van der Waals surface area contributed by atoms with Gasteiger partial charge in [-0.15, -0.1) is 0 Å². The van der Waals surface area contributed by atoms with Gasteiger partial charge in [0.2, 0.25) is 5.88 Å². The third-order valence-electron chi connectivity index (χ3n) is 6.93. The number of aliphatic hydroxyl groups is 1. The maximum atomic E-state index is 12.8. The molecule has 0 bridgehead atoms. The van der Waals surface area contributed by atoms with Crippen LogP contribution in [0.25, 0.3) is 17.0 Å². The van der Waals surface area contributed by atoms with E-state index in [1.54, 1.807) is 7.11 Å². The zero-order valence-corrected chi connectivity index (χ0v) is 21.5. The zero-order chi connectivity index (χ0) is 24.4. The fourth-order valence-electron chi connectivity index (χ4n) is 5.29. The number of aromatic nitrogens is 1. The van der Waals surface area contributed by atoms with Gasteiger partial charge in [0.1, 0.15) is 5.60 Å². The lowest BCUT2D eigenvalue weighted by Crippen LogP contribution is -2.38. The Hall–Kier alpha value is -2.99. The van der Waals surface area contributed by atoms with E-state index in [0.29, 0.717) is 18.8 Å². The first kappa shape index (κ1) is 23.7. The molecule has 0 radical (unpaired) electrons. The van der Waals surface area contributed by atoms with Gasteiger partial charge in [0.15, 0.2) is 0 Å². The van der Waals surface area contributed by atoms with Crippen LogP contribution in [0.3, 0.4) is 0 Å². The van der Waals surface area contributed by atoms with Gasteiger partial charge >= 0.3 is 0 Å². The normalized spacial score (nSPS) is 15.1. The van der Waals surface area contributed by atoms with Crippen molar-refractivity contribution in [3.8, 4) is 5.88 Å². The molecule has 5 rings (SSSR count). The highest BCUT2D eigenvalue weighted by Crippen LogP contribution is 2.49. The first-order chi connectivity index (χ1) is 17.0. The van der Waals surface area contributed by atoms with Gasteiger partial charge in [-0.05, 0) is 73.0 Å². The topological polar surface area (TPSA) is 54.4 Å². The number of methoxy groups -OCH3 is 1. The molecule has 0 amide bonds. The molecule has 0 fully saturated rings. The Morgan fingerprint density at radius 3 is 2.69 bits per heavy atom. The van der Waals surface area contributed by atoms with Gasteiger partial charge < -0.3 is 15.2 Å². The van der Waals surface area contributed by atoms with E-state index in [0.717, 1.165) is 44.1 Å². The highest BCUT2D eigenvalue weighted by atomic mass is 79.9. The molecule has 2 N–H and O–H groups in total. The van der Waals surface area contributed by atoms with Gasteiger partial charge in [-0.3, -0.25) is 0 Å². The summed E-state index contributed by atoms with van der Waals surface area (Å²) in [5.41, 5.74) is 4.81. The molecule has 3 aromatic carbocycles. The van der Waals surface area contributed by atoms with Crippen LogP contribution in [0.15, 0.2) is 83.3 Å². The Morgan fingerprint density at radius 1 is 1.09 bits per heavy atom. The van der Waals surface area contributed by atoms with Gasteiger partial charge in [0.25, 0.3) is 0 Å². The van der Waals surface area contributed by atoms with Crippen LogP contribution in [0.5, 0.6) is 5.88 Å². The standard InChI is InChI=1S/C30H29BrN2O2/c1-32-17-16-30(34,26-13-7-11-20-10-6-12-24(20)26)28(21-8-4-3-5-9-21)25-19-22-18-23(31)14-15-27(22)33-29(25)35-2/h3-9,11-15,18-19,28,32,34H,10,16-17H2,1-2H3. The van der Waals surface area contributed by atoms with Crippen molar-refractivity contribution in [1.29, 1.82) is 0 Å². The van der Waals surface area contributed by atoms with E-state index in [1.165, 1.54) is 5.56 Å². The number of halogens is 1. The highest BCUT2D eigenvalue weighted by molar-refractivity contribution is 9.10. The summed E-state index contributed by atoms with van der Waals surface area (Å²) in [5, 5.41) is 17.1. The van der Waals surface area contributed by atoms with E-state index >= 15 is 0 Å². The summed E-state index contributed by atoms with van der Waals surface area (Å²) in [6, 6.07) is 24.6. The molecule has 178 valence electrons. The summed E-state index contributed by atoms with van der Waals surface area (Å²) in [4.78, 5) is 4.86. The molecule has 35 heavy (non-hydrogen) atoms. The van der Waals surface area contributed by atoms with E-state index in [-0.39, 0.29) is 0 Å². The molecule has 1 aliphatic rings. The van der Waals surface area contributed by atoms with Crippen LogP contribution >= 0.6 is 15.9 Å². The molecule has 1 aromatic heterocycles. The van der Waals surface area contributed by atoms with Gasteiger partial charge in [-0.1, -0.05) is 76.6 Å². The lowest BCUT2D eigenvalue weighted by molar-refractivity contribution is 0.0101. The summed E-state index contributed by atoms with van der Waals surface area (Å²) in [5.74, 6) is 0.128. The largest absolute Gasteiger partial charge is 0.481 e. The van der Waals surface area contributed by atoms with Crippen LogP contribution in [0.1, 0.15) is 40.2 Å². The van der Waals surface area contributed by atoms with Crippen LogP contribution in [-0.4, -0.2) is 30.8 Å². The summed E-state index contributed by atoms with van der Waals surface area (Å²) in [6.07, 6.45) is 5.72. The Bertz CT molecular complexity index is 1390. The van der Waals surface area contributed by atoms with Crippen molar-refractivity contribution in [2.24, 2.45) is 0 Å². The number of pyridine rings is 1. The average Bonchev–Trinajstić information content (AvgIpc) is 3.37. The second kappa shape index (κ2) is 9.94. The quantitative estimate of drug-likeness (QED) is 0.285. The lowest BCUT2D eigenvalue weighted by atomic mass is 9.70. The maximum absolute atomic E-state index is 12.8. The van der Waals surface area contributed by atoms with Gasteiger partial charge in [-0.25, -0.2) is 4.98 Å². The molecule has 4 nitrogen and oxygen atoms in total. The summed E-state index contributed by atoms with van der Waals surface area (Å²) in [6.45, 7) is 0.655. The van der Waals surface area contributed by atoms with E-state index < -0.39 is 11.5 Å². The van der Waals surface area contributed by atoms with E-state index in [1.807, 2.05) is 37.4 Å². The van der Waals surface area contributed by atoms with Crippen molar-refractivity contribution in [1.82, 2.24) is 10.3 Å². The first-order valence-corrected chi connectivity index (χ1v) is 12.7. The minimum absolute atomic E-state index is 0.400. The van der Waals surface area contributed by atoms with Crippen LogP contribution < -0.4 is 10.1 Å². The van der Waals surface area contributed by atoms with Crippen molar-refractivity contribution >= 4 is 32.9 Å². The van der Waals surface area contributed by atoms with E-state index in [2.05, 4.69) is 75.9 Å². The molecule has 1 heterocycles. The number of nitrogens with zero attached hydrogens (tertiary/aromatic N) is 1. The molecule has 2 unspecified atom stereocenters. The van der Waals surface area contributed by atoms with E-state index in [4.69, 9.17) is 9.72 Å². The van der Waals surface area contributed by atoms with Crippen LogP contribution in [0, 0.1) is 0 Å². The number of ether oxygens (including phenoxy) is 1. The molecule has 0 aliphatic heterocycles. The first-order valence-electron chi connectivity index (χ1n) is 11.9. The fraction of sp³-hybridized carbons (Fsp3) is 0.233. The second-order valence-corrected chi connectivity index (χ2v) is 9.95. The third-order valence-corrected chi connectivity index (χ3v) is 7.42. The molecule has 5 heteroatoms. The van der Waals surface area contributed by atoms with Gasteiger partial charge in [0, 0.05) is 21.3 Å². The zero-order valence-electron chi connectivity index (χ0n) is 20.0. The minimum Gasteiger partial charge on any atom is -0.481 e. The molecular formula is C30H29BrN2O2. The number of hydrogen-bond acceptors (Lipinski definition) is 4. The van der Waals surface area contributed by atoms with Crippen LogP contribution in [-0.2, 0) is 12.0 Å². The Balaban J connectivity index is 1.81. The number of fused-ring (bicyclic) bond motifs is 2. The molecule has 0 saturated carbocycles. The smallest absolute Gasteiger partial charge is 0.217 e. The lowest BCUT2D eigenvalue weighted by Gasteiger charge is -2.39. The fourth-order valence-corrected chi connectivity index (χ4v) is 5.67. The van der Waals surface area contributed by atoms with Crippen molar-refractivity contribution in [2.75, 3.05) is 20.7 Å². The van der Waals surface area contributed by atoms with Gasteiger partial charge in [0.05, 0.1) is 12.6 Å². The van der Waals surface area contributed by atoms with Crippen molar-refractivity contribution in [3.63, 3.8) is 0 Å². The predicted octanol–water partition coefficient (Wildman–Crippen LogP) is 6.20. The number of allylic oxidation sites excluding steroid dienone is 1. The maximum Gasteiger partial charge on any atom is 0.217 e. The second-order valence-electron chi connectivity index (χ2n) is 9.03. The monoisotopic (exact) mass is 528 g/mol. The van der Waals surface area contributed by atoms with Crippen molar-refractivity contribution < 1.29 is 9.84 Å². The SMILES string of the molecule is CNCCC(O)(c1cccc2c1C=CC2)C(c1ccccc1)c1cc2cc(Br)ccc2nc1OC. The number of nitrogens with one attached hydrogen (secondary N) is 1. The minimum atomic E-state index is -1.21. The highest BCUT2D eigenvalue weighted by Gasteiger charge is 2.43. The van der Waals surface area contributed by atoms with E-state index in [9.17, 15) is 5.11 Å². The molecule has 0 spiro atoms. The predicted molar refractivity (Wildman–Crippen MR) is 146 cm³/mol. The van der Waals surface area contributed by atoms with Crippen LogP contribution in [0.4, 0.5) is 0 Å². The number of hydrogen-bond donors (Lipinski definition) is 2. The number of benzene rings is 3. The molecule has 2 atom stereocenters. The molecule has 0 saturated heterocycles. The summed E-state index contributed by atoms with van der Waals surface area (Å²) in [7, 11) is 3.57.